The first kappa shape index (κ1) is 16.4. The number of carbonyl (C=O) groups excluding carboxylic acids is 1. The van der Waals surface area contributed by atoms with E-state index < -0.39 is 0 Å². The van der Waals surface area contributed by atoms with Crippen molar-refractivity contribution in [3.05, 3.63) is 11.6 Å². The molecule has 1 saturated heterocycles. The van der Waals surface area contributed by atoms with Gasteiger partial charge >= 0.3 is 0 Å². The third-order valence-corrected chi connectivity index (χ3v) is 5.14. The molecule has 0 aromatic carbocycles. The van der Waals surface area contributed by atoms with E-state index in [4.69, 9.17) is 0 Å². The van der Waals surface area contributed by atoms with Crippen molar-refractivity contribution in [1.82, 2.24) is 25.4 Å². The number of amides is 1. The van der Waals surface area contributed by atoms with Gasteiger partial charge in [0.15, 0.2) is 5.82 Å². The van der Waals surface area contributed by atoms with Gasteiger partial charge in [0.1, 0.15) is 5.82 Å². The molecule has 1 fully saturated rings. The first-order valence-corrected chi connectivity index (χ1v) is 9.16. The van der Waals surface area contributed by atoms with Crippen LogP contribution in [0.4, 0.5) is 0 Å². The molecule has 0 bridgehead atoms. The largest absolute Gasteiger partial charge is 0.346 e. The zero-order valence-corrected chi connectivity index (χ0v) is 14.2. The van der Waals surface area contributed by atoms with E-state index in [0.29, 0.717) is 12.3 Å². The third kappa shape index (κ3) is 4.31. The molecule has 0 saturated carbocycles. The maximum atomic E-state index is 12.2. The lowest BCUT2D eigenvalue weighted by atomic mass is 9.93. The molecule has 0 unspecified atom stereocenters. The van der Waals surface area contributed by atoms with Crippen molar-refractivity contribution < 1.29 is 4.79 Å². The lowest BCUT2D eigenvalue weighted by Crippen LogP contribution is -2.31. The third-order valence-electron chi connectivity index (χ3n) is 5.14. The average Bonchev–Trinajstić information content (AvgIpc) is 2.83. The van der Waals surface area contributed by atoms with Crippen LogP contribution in [0.3, 0.4) is 0 Å². The van der Waals surface area contributed by atoms with Gasteiger partial charge in [0.2, 0.25) is 5.91 Å². The Kier molecular flexibility index (Phi) is 5.65. The Bertz CT molecular complexity index is 521. The Morgan fingerprint density at radius 2 is 2.13 bits per heavy atom. The van der Waals surface area contributed by atoms with Crippen LogP contribution in [0, 0.1) is 5.92 Å². The van der Waals surface area contributed by atoms with Crippen molar-refractivity contribution in [3.63, 3.8) is 0 Å². The molecule has 2 aliphatic heterocycles. The Morgan fingerprint density at radius 3 is 2.96 bits per heavy atom. The monoisotopic (exact) mass is 319 g/mol. The Morgan fingerprint density at radius 1 is 1.30 bits per heavy atom. The summed E-state index contributed by atoms with van der Waals surface area (Å²) in [4.78, 5) is 12.2. The molecule has 0 radical (unpaired) electrons. The van der Waals surface area contributed by atoms with Gasteiger partial charge in [0.05, 0.1) is 6.04 Å². The van der Waals surface area contributed by atoms with Gasteiger partial charge in [0, 0.05) is 19.4 Å². The Balaban J connectivity index is 1.51. The molecule has 0 spiro atoms. The van der Waals surface area contributed by atoms with E-state index in [-0.39, 0.29) is 11.9 Å². The van der Waals surface area contributed by atoms with Crippen LogP contribution in [-0.2, 0) is 17.8 Å². The first-order chi connectivity index (χ1) is 11.2. The molecule has 6 heteroatoms. The van der Waals surface area contributed by atoms with Gasteiger partial charge in [-0.25, -0.2) is 0 Å². The Labute approximate surface area is 138 Å². The second-order valence-corrected chi connectivity index (χ2v) is 6.96. The van der Waals surface area contributed by atoms with E-state index in [9.17, 15) is 4.79 Å². The number of aryl methyl sites for hydroxylation is 1. The zero-order valence-electron chi connectivity index (χ0n) is 14.2. The minimum absolute atomic E-state index is 0.0603. The summed E-state index contributed by atoms with van der Waals surface area (Å²) in [6.07, 6.45) is 8.63. The molecular formula is C17H29N5O. The SMILES string of the molecule is C[C@@H](NC(=O)CCC1CCNCC1)c1nnc2n1CCCCC2. The van der Waals surface area contributed by atoms with Crippen LogP contribution in [0.5, 0.6) is 0 Å². The van der Waals surface area contributed by atoms with E-state index in [2.05, 4.69) is 25.4 Å². The summed E-state index contributed by atoms with van der Waals surface area (Å²) in [6, 6.07) is -0.0603. The van der Waals surface area contributed by atoms with Gasteiger partial charge < -0.3 is 15.2 Å². The topological polar surface area (TPSA) is 71.8 Å². The van der Waals surface area contributed by atoms with Crippen molar-refractivity contribution in [1.29, 1.82) is 0 Å². The number of hydrogen-bond donors (Lipinski definition) is 2. The highest BCUT2D eigenvalue weighted by Gasteiger charge is 2.21. The standard InChI is InChI=1S/C17H29N5O/c1-13(17-21-20-15-5-3-2-4-12-22(15)17)19-16(23)7-6-14-8-10-18-11-9-14/h13-14,18H,2-12H2,1H3,(H,19,23)/t13-/m1/s1. The number of piperidine rings is 1. The highest BCUT2D eigenvalue weighted by Crippen LogP contribution is 2.20. The van der Waals surface area contributed by atoms with Gasteiger partial charge in [0.25, 0.3) is 0 Å². The molecule has 0 aliphatic carbocycles. The molecule has 23 heavy (non-hydrogen) atoms. The fourth-order valence-corrected chi connectivity index (χ4v) is 3.71. The summed E-state index contributed by atoms with van der Waals surface area (Å²) in [6.45, 7) is 5.18. The molecular weight excluding hydrogens is 290 g/mol. The van der Waals surface area contributed by atoms with Crippen LogP contribution in [0.25, 0.3) is 0 Å². The minimum Gasteiger partial charge on any atom is -0.346 e. The molecule has 1 atom stereocenters. The summed E-state index contributed by atoms with van der Waals surface area (Å²) in [5.74, 6) is 2.83. The average molecular weight is 319 g/mol. The van der Waals surface area contributed by atoms with Crippen molar-refractivity contribution in [2.75, 3.05) is 13.1 Å². The van der Waals surface area contributed by atoms with Crippen LogP contribution in [0.15, 0.2) is 0 Å². The predicted octanol–water partition coefficient (Wildman–Crippen LogP) is 1.96. The van der Waals surface area contributed by atoms with Gasteiger partial charge in [-0.15, -0.1) is 10.2 Å². The molecule has 128 valence electrons. The van der Waals surface area contributed by atoms with E-state index >= 15 is 0 Å². The lowest BCUT2D eigenvalue weighted by Gasteiger charge is -2.22. The fraction of sp³-hybridized carbons (Fsp3) is 0.824. The van der Waals surface area contributed by atoms with Crippen LogP contribution in [-0.4, -0.2) is 33.8 Å². The molecule has 1 aromatic heterocycles. The summed E-state index contributed by atoms with van der Waals surface area (Å²) in [7, 11) is 0. The molecule has 6 nitrogen and oxygen atoms in total. The predicted molar refractivity (Wildman–Crippen MR) is 89.0 cm³/mol. The molecule has 2 N–H and O–H groups in total. The normalized spacial score (nSPS) is 20.6. The molecule has 1 aromatic rings. The maximum absolute atomic E-state index is 12.2. The fourth-order valence-electron chi connectivity index (χ4n) is 3.71. The summed E-state index contributed by atoms with van der Waals surface area (Å²) in [5, 5.41) is 15.1. The minimum atomic E-state index is -0.0603. The van der Waals surface area contributed by atoms with E-state index in [1.165, 1.54) is 32.1 Å². The molecule has 2 aliphatic rings. The van der Waals surface area contributed by atoms with Gasteiger partial charge in [-0.2, -0.15) is 0 Å². The highest BCUT2D eigenvalue weighted by atomic mass is 16.1. The second kappa shape index (κ2) is 7.90. The number of nitrogens with zero attached hydrogens (tertiary/aromatic N) is 3. The van der Waals surface area contributed by atoms with E-state index in [0.717, 1.165) is 44.1 Å². The van der Waals surface area contributed by atoms with Crippen molar-refractivity contribution >= 4 is 5.91 Å². The molecule has 1 amide bonds. The molecule has 3 heterocycles. The lowest BCUT2D eigenvalue weighted by molar-refractivity contribution is -0.122. The van der Waals surface area contributed by atoms with Crippen molar-refractivity contribution in [3.8, 4) is 0 Å². The zero-order chi connectivity index (χ0) is 16.1. The Hall–Kier alpha value is -1.43. The van der Waals surface area contributed by atoms with Crippen LogP contribution >= 0.6 is 0 Å². The number of hydrogen-bond acceptors (Lipinski definition) is 4. The van der Waals surface area contributed by atoms with Gasteiger partial charge in [-0.1, -0.05) is 6.42 Å². The van der Waals surface area contributed by atoms with Gasteiger partial charge in [-0.05, 0) is 58.0 Å². The van der Waals surface area contributed by atoms with Crippen LogP contribution in [0.1, 0.15) is 69.6 Å². The first-order valence-electron chi connectivity index (χ1n) is 9.16. The number of aromatic nitrogens is 3. The number of rotatable bonds is 5. The highest BCUT2D eigenvalue weighted by molar-refractivity contribution is 5.76. The summed E-state index contributed by atoms with van der Waals surface area (Å²) in [5.41, 5.74) is 0. The van der Waals surface area contributed by atoms with E-state index in [1.807, 2.05) is 6.92 Å². The summed E-state index contributed by atoms with van der Waals surface area (Å²) >= 11 is 0. The quantitative estimate of drug-likeness (QED) is 0.870. The number of nitrogens with one attached hydrogen (secondary N) is 2. The second-order valence-electron chi connectivity index (χ2n) is 6.96. The van der Waals surface area contributed by atoms with E-state index in [1.54, 1.807) is 0 Å². The smallest absolute Gasteiger partial charge is 0.220 e. The summed E-state index contributed by atoms with van der Waals surface area (Å²) < 4.78 is 2.21. The van der Waals surface area contributed by atoms with Crippen LogP contribution in [0.2, 0.25) is 0 Å². The number of carbonyl (C=O) groups is 1. The maximum Gasteiger partial charge on any atom is 0.220 e. The molecule has 3 rings (SSSR count). The number of fused-ring (bicyclic) bond motifs is 1. The van der Waals surface area contributed by atoms with Gasteiger partial charge in [-0.3, -0.25) is 4.79 Å². The van der Waals surface area contributed by atoms with Crippen molar-refractivity contribution in [2.24, 2.45) is 5.92 Å². The van der Waals surface area contributed by atoms with Crippen LogP contribution < -0.4 is 10.6 Å². The van der Waals surface area contributed by atoms with Crippen molar-refractivity contribution in [2.45, 2.75) is 70.9 Å².